The highest BCUT2D eigenvalue weighted by atomic mass is 16.5. The molecule has 10 nitrogen and oxygen atoms in total. The summed E-state index contributed by atoms with van der Waals surface area (Å²) in [5.41, 5.74) is 2.76. The van der Waals surface area contributed by atoms with E-state index in [9.17, 15) is 9.59 Å². The molecule has 0 spiro atoms. The maximum absolute atomic E-state index is 13.9. The summed E-state index contributed by atoms with van der Waals surface area (Å²) in [6.07, 6.45) is 5.51. The van der Waals surface area contributed by atoms with Crippen LogP contribution in [0.25, 0.3) is 11.4 Å². The van der Waals surface area contributed by atoms with Crippen LogP contribution in [-0.2, 0) is 22.7 Å². The molecule has 2 aromatic carbocycles. The van der Waals surface area contributed by atoms with E-state index in [4.69, 9.17) is 9.15 Å². The van der Waals surface area contributed by atoms with Crippen molar-refractivity contribution in [2.24, 2.45) is 0 Å². The number of hydrogen-bond acceptors (Lipinski definition) is 7. The quantitative estimate of drug-likeness (QED) is 0.330. The minimum Gasteiger partial charge on any atom is -0.497 e. The minimum absolute atomic E-state index is 0.0851. The maximum atomic E-state index is 13.9. The van der Waals surface area contributed by atoms with Crippen molar-refractivity contribution < 1.29 is 18.7 Å². The first-order valence-electron chi connectivity index (χ1n) is 13.1. The van der Waals surface area contributed by atoms with Crippen LogP contribution in [0.2, 0.25) is 0 Å². The number of nitrogens with one attached hydrogen (secondary N) is 1. The first-order valence-corrected chi connectivity index (χ1v) is 13.1. The van der Waals surface area contributed by atoms with Crippen LogP contribution in [0.1, 0.15) is 48.6 Å². The molecule has 1 aliphatic carbocycles. The van der Waals surface area contributed by atoms with Gasteiger partial charge in [-0.2, -0.15) is 4.80 Å². The molecular weight excluding hydrogens is 496 g/mol. The Bertz CT molecular complexity index is 1380. The molecule has 1 atom stereocenters. The molecule has 1 unspecified atom stereocenters. The van der Waals surface area contributed by atoms with Gasteiger partial charge in [0.05, 0.1) is 13.4 Å². The van der Waals surface area contributed by atoms with Gasteiger partial charge in [0.2, 0.25) is 11.7 Å². The van der Waals surface area contributed by atoms with Gasteiger partial charge in [-0.05, 0) is 54.8 Å². The summed E-state index contributed by atoms with van der Waals surface area (Å²) in [6.45, 7) is 1.98. The third-order valence-electron chi connectivity index (χ3n) is 6.95. The summed E-state index contributed by atoms with van der Waals surface area (Å²) >= 11 is 0. The summed E-state index contributed by atoms with van der Waals surface area (Å²) in [7, 11) is 1.60. The normalized spacial score (nSPS) is 14.2. The van der Waals surface area contributed by atoms with Crippen LogP contribution in [0.15, 0.2) is 71.3 Å². The van der Waals surface area contributed by atoms with E-state index in [-0.39, 0.29) is 30.9 Å². The Balaban J connectivity index is 1.43. The molecule has 2 amide bonds. The summed E-state index contributed by atoms with van der Waals surface area (Å²) in [5, 5.41) is 15.8. The molecule has 5 rings (SSSR count). The first-order chi connectivity index (χ1) is 19.0. The number of benzene rings is 2. The highest BCUT2D eigenvalue weighted by molar-refractivity contribution is 5.88. The van der Waals surface area contributed by atoms with Gasteiger partial charge in [0, 0.05) is 18.2 Å². The van der Waals surface area contributed by atoms with Gasteiger partial charge in [-0.25, -0.2) is 0 Å². The monoisotopic (exact) mass is 528 g/mol. The highest BCUT2D eigenvalue weighted by Gasteiger charge is 2.35. The lowest BCUT2D eigenvalue weighted by Crippen LogP contribution is -2.46. The topological polar surface area (TPSA) is 115 Å². The molecular formula is C29H32N6O4. The predicted molar refractivity (Wildman–Crippen MR) is 143 cm³/mol. The van der Waals surface area contributed by atoms with E-state index in [2.05, 4.69) is 20.7 Å². The van der Waals surface area contributed by atoms with Crippen LogP contribution < -0.4 is 10.1 Å². The van der Waals surface area contributed by atoms with E-state index >= 15 is 0 Å². The number of methoxy groups -OCH3 is 1. The number of carbonyl (C=O) groups excluding carboxylic acids is 2. The Morgan fingerprint density at radius 3 is 2.51 bits per heavy atom. The van der Waals surface area contributed by atoms with Gasteiger partial charge < -0.3 is 19.4 Å². The lowest BCUT2D eigenvalue weighted by Gasteiger charge is -2.30. The molecule has 10 heteroatoms. The van der Waals surface area contributed by atoms with E-state index in [1.165, 1.54) is 16.0 Å². The zero-order valence-electron chi connectivity index (χ0n) is 22.1. The molecule has 1 saturated carbocycles. The number of rotatable bonds is 10. The van der Waals surface area contributed by atoms with Crippen molar-refractivity contribution in [2.75, 3.05) is 7.11 Å². The molecule has 0 saturated heterocycles. The van der Waals surface area contributed by atoms with Gasteiger partial charge in [-0.15, -0.1) is 10.2 Å². The fourth-order valence-electron chi connectivity index (χ4n) is 4.81. The molecule has 2 aromatic heterocycles. The Kier molecular flexibility index (Phi) is 8.00. The summed E-state index contributed by atoms with van der Waals surface area (Å²) < 4.78 is 11.0. The minimum atomic E-state index is -0.963. The molecule has 2 heterocycles. The van der Waals surface area contributed by atoms with Crippen molar-refractivity contribution in [3.8, 4) is 17.1 Å². The number of carbonyl (C=O) groups is 2. The molecule has 202 valence electrons. The Hall–Kier alpha value is -4.47. The average molecular weight is 529 g/mol. The maximum Gasteiger partial charge on any atom is 0.250 e. The Morgan fingerprint density at radius 2 is 1.85 bits per heavy atom. The molecule has 0 radical (unpaired) electrons. The van der Waals surface area contributed by atoms with E-state index in [1.807, 2.05) is 55.5 Å². The summed E-state index contributed by atoms with van der Waals surface area (Å²) in [5.74, 6) is 0.895. The van der Waals surface area contributed by atoms with Gasteiger partial charge in [0.15, 0.2) is 6.04 Å². The van der Waals surface area contributed by atoms with Crippen molar-refractivity contribution in [2.45, 2.75) is 57.8 Å². The number of nitrogens with zero attached hydrogens (tertiary/aromatic N) is 5. The molecule has 4 aromatic rings. The van der Waals surface area contributed by atoms with Crippen LogP contribution in [0.5, 0.6) is 5.75 Å². The molecule has 1 aliphatic rings. The first kappa shape index (κ1) is 26.1. The van der Waals surface area contributed by atoms with Crippen molar-refractivity contribution >= 4 is 11.8 Å². The Labute approximate surface area is 227 Å². The number of hydrogen-bond donors (Lipinski definition) is 1. The average Bonchev–Trinajstić information content (AvgIpc) is 3.73. The third-order valence-corrected chi connectivity index (χ3v) is 6.95. The Morgan fingerprint density at radius 1 is 1.10 bits per heavy atom. The highest BCUT2D eigenvalue weighted by Crippen LogP contribution is 2.27. The van der Waals surface area contributed by atoms with Gasteiger partial charge >= 0.3 is 0 Å². The molecule has 1 N–H and O–H groups in total. The van der Waals surface area contributed by atoms with Crippen LogP contribution in [-0.4, -0.2) is 50.1 Å². The van der Waals surface area contributed by atoms with Gasteiger partial charge in [0.25, 0.3) is 5.91 Å². The van der Waals surface area contributed by atoms with Crippen molar-refractivity contribution in [1.29, 1.82) is 0 Å². The summed E-state index contributed by atoms with van der Waals surface area (Å²) in [6, 6.07) is 17.7. The molecule has 0 aliphatic heterocycles. The smallest absolute Gasteiger partial charge is 0.250 e. The number of tetrazole rings is 1. The zero-order chi connectivity index (χ0) is 27.2. The zero-order valence-corrected chi connectivity index (χ0v) is 22.1. The number of aryl methyl sites for hydroxylation is 1. The second-order valence-electron chi connectivity index (χ2n) is 9.79. The molecule has 1 fully saturated rings. The summed E-state index contributed by atoms with van der Waals surface area (Å²) in [4.78, 5) is 30.3. The van der Waals surface area contributed by atoms with Crippen LogP contribution in [0.4, 0.5) is 0 Å². The molecule has 0 bridgehead atoms. The predicted octanol–water partition coefficient (Wildman–Crippen LogP) is 4.08. The standard InChI is InChI=1S/C29H32N6O4/c1-20-9-13-22(14-10-20)28-31-33-35(32-28)19-26(36)34(18-21-11-15-24(38-2)16-12-21)27(25-8-5-17-39-25)29(37)30-23-6-3-4-7-23/h5,8-17,23,27H,3-4,6-7,18-19H2,1-2H3,(H,30,37). The fraction of sp³-hybridized carbons (Fsp3) is 0.345. The fourth-order valence-corrected chi connectivity index (χ4v) is 4.81. The number of ether oxygens (including phenoxy) is 1. The molecule has 39 heavy (non-hydrogen) atoms. The van der Waals surface area contributed by atoms with Crippen LogP contribution >= 0.6 is 0 Å². The third kappa shape index (κ3) is 6.34. The van der Waals surface area contributed by atoms with Crippen molar-refractivity contribution in [1.82, 2.24) is 30.4 Å². The lowest BCUT2D eigenvalue weighted by molar-refractivity contribution is -0.143. The van der Waals surface area contributed by atoms with Crippen LogP contribution in [0, 0.1) is 6.92 Å². The van der Waals surface area contributed by atoms with Gasteiger partial charge in [0.1, 0.15) is 18.1 Å². The number of amides is 2. The van der Waals surface area contributed by atoms with Crippen molar-refractivity contribution in [3.63, 3.8) is 0 Å². The van der Waals surface area contributed by atoms with E-state index in [0.717, 1.165) is 42.4 Å². The van der Waals surface area contributed by atoms with Gasteiger partial charge in [-0.1, -0.05) is 54.8 Å². The second-order valence-corrected chi connectivity index (χ2v) is 9.79. The lowest BCUT2D eigenvalue weighted by atomic mass is 10.1. The SMILES string of the molecule is COc1ccc(CN(C(=O)Cn2nnc(-c3ccc(C)cc3)n2)C(C(=O)NC2CCCC2)c2ccco2)cc1. The number of furan rings is 1. The second kappa shape index (κ2) is 11.9. The van der Waals surface area contributed by atoms with Gasteiger partial charge in [-0.3, -0.25) is 9.59 Å². The van der Waals surface area contributed by atoms with E-state index < -0.39 is 6.04 Å². The van der Waals surface area contributed by atoms with Crippen LogP contribution in [0.3, 0.4) is 0 Å². The van der Waals surface area contributed by atoms with E-state index in [1.54, 1.807) is 19.2 Å². The largest absolute Gasteiger partial charge is 0.497 e. The van der Waals surface area contributed by atoms with E-state index in [0.29, 0.717) is 17.3 Å². The number of aromatic nitrogens is 4. The van der Waals surface area contributed by atoms with Crippen molar-refractivity contribution in [3.05, 3.63) is 83.8 Å².